The number of hydrogen-bond acceptors (Lipinski definition) is 5. The molecule has 0 spiro atoms. The van der Waals surface area contributed by atoms with Gasteiger partial charge in [0.05, 0.1) is 0 Å². The second kappa shape index (κ2) is 14.6. The van der Waals surface area contributed by atoms with Gasteiger partial charge in [0.2, 0.25) is 0 Å². The summed E-state index contributed by atoms with van der Waals surface area (Å²) in [5.74, 6) is 1.55. The number of fused-ring (bicyclic) bond motifs is 3. The number of allylic oxidation sites excluding steroid dienone is 3. The van der Waals surface area contributed by atoms with E-state index in [1.165, 1.54) is 11.1 Å². The number of nitrogens with zero attached hydrogens (tertiary/aromatic N) is 2. The molecule has 0 amide bonds. The molecule has 2 heterocycles. The minimum atomic E-state index is -0.464. The van der Waals surface area contributed by atoms with Crippen LogP contribution in [-0.2, 0) is 0 Å². The fraction of sp³-hybridized carbons (Fsp3) is 0.0400. The zero-order valence-electron chi connectivity index (χ0n) is 30.4. The maximum atomic E-state index is 6.60. The number of aliphatic imine (C=N–C) groups is 2. The summed E-state index contributed by atoms with van der Waals surface area (Å²) in [6.45, 7) is 2.11. The highest BCUT2D eigenvalue weighted by Gasteiger charge is 2.22. The van der Waals surface area contributed by atoms with E-state index in [1.54, 1.807) is 0 Å². The molecule has 0 bridgehead atoms. The summed E-state index contributed by atoms with van der Waals surface area (Å²) in [4.78, 5) is 10.3. The molecule has 0 saturated heterocycles. The van der Waals surface area contributed by atoms with Crippen LogP contribution in [0.1, 0.15) is 40.9 Å². The Kier molecular flexibility index (Phi) is 8.94. The number of nitrogens with one attached hydrogen (secondary N) is 1. The van der Waals surface area contributed by atoms with E-state index in [0.29, 0.717) is 5.70 Å². The summed E-state index contributed by atoms with van der Waals surface area (Å²) in [6, 6.07) is 60.3. The Morgan fingerprint density at radius 3 is 1.69 bits per heavy atom. The minimum absolute atomic E-state index is 0.464. The Labute approximate surface area is 320 Å². The quantitative estimate of drug-likeness (QED) is 0.154. The molecule has 264 valence electrons. The predicted octanol–water partition coefficient (Wildman–Crippen LogP) is 11.8. The molecule has 7 aromatic carbocycles. The highest BCUT2D eigenvalue weighted by Crippen LogP contribution is 2.37. The number of benzene rings is 7. The maximum absolute atomic E-state index is 6.60. The van der Waals surface area contributed by atoms with Gasteiger partial charge >= 0.3 is 0 Å². The highest BCUT2D eigenvalue weighted by atomic mass is 16.3. The molecule has 0 saturated carbocycles. The van der Waals surface area contributed by atoms with E-state index in [4.69, 9.17) is 20.1 Å². The molecule has 0 radical (unpaired) electrons. The zero-order chi connectivity index (χ0) is 37.1. The van der Waals surface area contributed by atoms with Gasteiger partial charge in [-0.25, -0.2) is 9.98 Å². The van der Waals surface area contributed by atoms with E-state index in [9.17, 15) is 0 Å². The normalized spacial score (nSPS) is 14.7. The first-order valence-corrected chi connectivity index (χ1v) is 18.5. The van der Waals surface area contributed by atoms with Crippen molar-refractivity contribution < 1.29 is 4.42 Å². The van der Waals surface area contributed by atoms with Gasteiger partial charge in [-0.15, -0.1) is 0 Å². The molecule has 0 aliphatic carbocycles. The van der Waals surface area contributed by atoms with Crippen molar-refractivity contribution in [3.63, 3.8) is 0 Å². The van der Waals surface area contributed by atoms with Crippen LogP contribution in [0.3, 0.4) is 0 Å². The Morgan fingerprint density at radius 1 is 0.545 bits per heavy atom. The monoisotopic (exact) mass is 710 g/mol. The van der Waals surface area contributed by atoms with Crippen molar-refractivity contribution in [3.05, 3.63) is 216 Å². The first-order valence-electron chi connectivity index (χ1n) is 18.5. The number of nitrogens with two attached hydrogens (primary N) is 1. The maximum Gasteiger partial charge on any atom is 0.169 e. The van der Waals surface area contributed by atoms with Crippen molar-refractivity contribution in [1.29, 1.82) is 0 Å². The lowest BCUT2D eigenvalue weighted by Gasteiger charge is -2.22. The van der Waals surface area contributed by atoms with E-state index in [2.05, 4.69) is 146 Å². The van der Waals surface area contributed by atoms with Gasteiger partial charge in [-0.1, -0.05) is 164 Å². The molecular weight excluding hydrogens is 673 g/mol. The van der Waals surface area contributed by atoms with Gasteiger partial charge < -0.3 is 15.5 Å². The third kappa shape index (κ3) is 6.87. The molecule has 0 fully saturated rings. The number of furan rings is 1. The molecule has 9 rings (SSSR count). The standard InChI is InChI=1S/C50H38N4O/c1-33(20-30-44(51)38-25-21-36(22-26-38)34-12-5-2-6-13-34)42-18-11-19-46-47(42)43-32-41(29-31-45(43)55-46)50-53-48(39-16-9-4-10-17-39)52-49(54-50)40-27-23-37(24-28-40)35-14-7-3-8-15-35/h2-32,50H,51H2,1H3,(H,52,53,54)/b33-20+,44-30-. The lowest BCUT2D eigenvalue weighted by atomic mass is 9.98. The van der Waals surface area contributed by atoms with Crippen LogP contribution in [0.25, 0.3) is 55.5 Å². The molecule has 1 aromatic heterocycles. The van der Waals surface area contributed by atoms with Crippen molar-refractivity contribution in [3.8, 4) is 22.3 Å². The Hall–Kier alpha value is -7.24. The molecule has 5 heteroatoms. The van der Waals surface area contributed by atoms with Crippen molar-refractivity contribution >= 4 is 44.9 Å². The van der Waals surface area contributed by atoms with E-state index >= 15 is 0 Å². The predicted molar refractivity (Wildman–Crippen MR) is 229 cm³/mol. The van der Waals surface area contributed by atoms with Gasteiger partial charge in [0.25, 0.3) is 0 Å². The molecule has 1 aliphatic heterocycles. The van der Waals surface area contributed by atoms with Crippen molar-refractivity contribution in [2.45, 2.75) is 13.1 Å². The van der Waals surface area contributed by atoms with Crippen LogP contribution in [0, 0.1) is 0 Å². The summed E-state index contributed by atoms with van der Waals surface area (Å²) in [6.07, 6.45) is 3.60. The highest BCUT2D eigenvalue weighted by molar-refractivity contribution is 6.16. The molecule has 1 atom stereocenters. The van der Waals surface area contributed by atoms with Crippen LogP contribution in [0.2, 0.25) is 0 Å². The summed E-state index contributed by atoms with van der Waals surface area (Å²) in [5.41, 5.74) is 19.7. The van der Waals surface area contributed by atoms with Gasteiger partial charge in [-0.2, -0.15) is 0 Å². The van der Waals surface area contributed by atoms with Gasteiger partial charge in [-0.3, -0.25) is 0 Å². The van der Waals surface area contributed by atoms with Crippen LogP contribution >= 0.6 is 0 Å². The van der Waals surface area contributed by atoms with Gasteiger partial charge in [0.1, 0.15) is 22.8 Å². The van der Waals surface area contributed by atoms with Crippen LogP contribution in [0.5, 0.6) is 0 Å². The van der Waals surface area contributed by atoms with E-state index in [-0.39, 0.29) is 0 Å². The Balaban J connectivity index is 1.06. The number of hydrogen-bond donors (Lipinski definition) is 2. The molecule has 55 heavy (non-hydrogen) atoms. The lowest BCUT2D eigenvalue weighted by Crippen LogP contribution is -2.36. The SMILES string of the molecule is C/C(=C\C=C(/N)c1ccc(-c2ccccc2)cc1)c1cccc2oc3ccc(C4N=C(c5ccccc5)NC(c5ccc(-c6ccccc6)cc5)=N4)cc3c12. The van der Waals surface area contributed by atoms with Crippen LogP contribution in [-0.4, -0.2) is 11.7 Å². The topological polar surface area (TPSA) is 75.9 Å². The molecular formula is C50H38N4O. The summed E-state index contributed by atoms with van der Waals surface area (Å²) < 4.78 is 6.41. The summed E-state index contributed by atoms with van der Waals surface area (Å²) in [7, 11) is 0. The first kappa shape index (κ1) is 33.6. The molecule has 1 unspecified atom stereocenters. The smallest absolute Gasteiger partial charge is 0.169 e. The fourth-order valence-corrected chi connectivity index (χ4v) is 7.16. The fourth-order valence-electron chi connectivity index (χ4n) is 7.16. The lowest BCUT2D eigenvalue weighted by molar-refractivity contribution is 0.668. The summed E-state index contributed by atoms with van der Waals surface area (Å²) >= 11 is 0. The van der Waals surface area contributed by atoms with Crippen molar-refractivity contribution in [1.82, 2.24) is 5.32 Å². The average molecular weight is 711 g/mol. The van der Waals surface area contributed by atoms with E-state index < -0.39 is 6.17 Å². The van der Waals surface area contributed by atoms with E-state index in [1.807, 2.05) is 54.6 Å². The third-order valence-corrected chi connectivity index (χ3v) is 10.1. The van der Waals surface area contributed by atoms with Crippen LogP contribution < -0.4 is 11.1 Å². The van der Waals surface area contributed by atoms with Crippen LogP contribution in [0.4, 0.5) is 0 Å². The van der Waals surface area contributed by atoms with Gasteiger partial charge in [0, 0.05) is 27.6 Å². The summed E-state index contributed by atoms with van der Waals surface area (Å²) in [5, 5.41) is 5.60. The van der Waals surface area contributed by atoms with Gasteiger partial charge in [-0.05, 0) is 75.7 Å². The van der Waals surface area contributed by atoms with Crippen molar-refractivity contribution in [2.75, 3.05) is 0 Å². The second-order valence-electron chi connectivity index (χ2n) is 13.7. The Bertz CT molecular complexity index is 2760. The third-order valence-electron chi connectivity index (χ3n) is 10.1. The minimum Gasteiger partial charge on any atom is -0.456 e. The van der Waals surface area contributed by atoms with Crippen molar-refractivity contribution in [2.24, 2.45) is 15.7 Å². The Morgan fingerprint density at radius 2 is 1.07 bits per heavy atom. The second-order valence-corrected chi connectivity index (χ2v) is 13.7. The van der Waals surface area contributed by atoms with Crippen LogP contribution in [0.15, 0.2) is 202 Å². The molecule has 8 aromatic rings. The number of amidine groups is 2. The average Bonchev–Trinajstić information content (AvgIpc) is 3.65. The largest absolute Gasteiger partial charge is 0.456 e. The molecule has 3 N–H and O–H groups in total. The molecule has 1 aliphatic rings. The number of rotatable bonds is 8. The first-order chi connectivity index (χ1) is 27.1. The zero-order valence-corrected chi connectivity index (χ0v) is 30.4. The van der Waals surface area contributed by atoms with E-state index in [0.717, 1.165) is 78.1 Å². The van der Waals surface area contributed by atoms with Gasteiger partial charge in [0.15, 0.2) is 6.17 Å². The molecule has 5 nitrogen and oxygen atoms in total.